The van der Waals surface area contributed by atoms with Crippen molar-refractivity contribution in [2.24, 2.45) is 0 Å². The highest BCUT2D eigenvalue weighted by Gasteiger charge is 2.12. The van der Waals surface area contributed by atoms with Gasteiger partial charge in [-0.2, -0.15) is 0 Å². The largest absolute Gasteiger partial charge is 0.324 e. The number of pyridine rings is 1. The molecule has 8 heteroatoms. The van der Waals surface area contributed by atoms with Crippen LogP contribution in [0.15, 0.2) is 77.7 Å². The van der Waals surface area contributed by atoms with Gasteiger partial charge in [-0.15, -0.1) is 0 Å². The number of nitrogens with zero attached hydrogens (tertiary/aromatic N) is 4. The molecule has 4 rings (SSSR count). The van der Waals surface area contributed by atoms with E-state index in [1.54, 1.807) is 18.6 Å². The molecule has 0 aliphatic rings. The highest BCUT2D eigenvalue weighted by Crippen LogP contribution is 2.25. The van der Waals surface area contributed by atoms with Crippen LogP contribution in [0.25, 0.3) is 11.3 Å². The molecule has 0 aliphatic carbocycles. The Bertz CT molecular complexity index is 1330. The fourth-order valence-electron chi connectivity index (χ4n) is 3.47. The van der Waals surface area contributed by atoms with Crippen LogP contribution in [-0.2, 0) is 6.54 Å². The molecule has 0 radical (unpaired) electrons. The lowest BCUT2D eigenvalue weighted by Gasteiger charge is -2.16. The Hall–Kier alpha value is -3.62. The van der Waals surface area contributed by atoms with Crippen molar-refractivity contribution >= 4 is 39.2 Å². The monoisotopic (exact) mass is 530 g/mol. The minimum absolute atomic E-state index is 0.175. The van der Waals surface area contributed by atoms with Crippen LogP contribution in [0.3, 0.4) is 0 Å². The van der Waals surface area contributed by atoms with E-state index in [0.717, 1.165) is 45.6 Å². The van der Waals surface area contributed by atoms with Crippen molar-refractivity contribution in [3.8, 4) is 11.3 Å². The summed E-state index contributed by atoms with van der Waals surface area (Å²) in [5.74, 6) is 0.292. The summed E-state index contributed by atoms with van der Waals surface area (Å²) >= 11 is 3.60. The maximum atomic E-state index is 12.9. The van der Waals surface area contributed by atoms with Crippen LogP contribution in [-0.4, -0.2) is 39.4 Å². The van der Waals surface area contributed by atoms with Gasteiger partial charge in [-0.1, -0.05) is 35.0 Å². The summed E-state index contributed by atoms with van der Waals surface area (Å²) in [7, 11) is 2.07. The zero-order chi connectivity index (χ0) is 24.8. The third kappa shape index (κ3) is 6.29. The smallest absolute Gasteiger partial charge is 0.255 e. The zero-order valence-electron chi connectivity index (χ0n) is 19.9. The van der Waals surface area contributed by atoms with Crippen LogP contribution in [0.2, 0.25) is 0 Å². The molecule has 0 spiro atoms. The number of carbonyl (C=O) groups is 1. The van der Waals surface area contributed by atoms with Crippen molar-refractivity contribution < 1.29 is 4.79 Å². The van der Waals surface area contributed by atoms with Crippen LogP contribution in [0.4, 0.5) is 17.3 Å². The van der Waals surface area contributed by atoms with E-state index in [0.29, 0.717) is 17.2 Å². The number of carbonyl (C=O) groups excluding carboxylic acids is 1. The maximum absolute atomic E-state index is 12.9. The number of hydrogen-bond acceptors (Lipinski definition) is 6. The summed E-state index contributed by atoms with van der Waals surface area (Å²) in [5, 5.41) is 6.26. The molecule has 0 saturated heterocycles. The van der Waals surface area contributed by atoms with Crippen LogP contribution in [0.1, 0.15) is 28.4 Å². The number of nitrogens with one attached hydrogen (secondary N) is 2. The Morgan fingerprint density at radius 1 is 1.09 bits per heavy atom. The van der Waals surface area contributed by atoms with E-state index >= 15 is 0 Å². The number of hydrogen-bond donors (Lipinski definition) is 2. The van der Waals surface area contributed by atoms with Gasteiger partial charge in [0.05, 0.1) is 5.69 Å². The number of rotatable bonds is 8. The molecule has 0 saturated carbocycles. The van der Waals surface area contributed by atoms with E-state index in [1.165, 1.54) is 0 Å². The second-order valence-corrected chi connectivity index (χ2v) is 9.11. The average molecular weight is 531 g/mol. The molecule has 4 aromatic rings. The summed E-state index contributed by atoms with van der Waals surface area (Å²) in [6.07, 6.45) is 5.20. The molecule has 2 aromatic carbocycles. The van der Waals surface area contributed by atoms with Gasteiger partial charge < -0.3 is 15.5 Å². The highest BCUT2D eigenvalue weighted by molar-refractivity contribution is 9.10. The van der Waals surface area contributed by atoms with E-state index < -0.39 is 0 Å². The molecule has 0 unspecified atom stereocenters. The predicted molar refractivity (Wildman–Crippen MR) is 144 cm³/mol. The summed E-state index contributed by atoms with van der Waals surface area (Å²) < 4.78 is 0.919. The molecule has 2 N–H and O–H groups in total. The average Bonchev–Trinajstić information content (AvgIpc) is 2.87. The molecule has 35 heavy (non-hydrogen) atoms. The summed E-state index contributed by atoms with van der Waals surface area (Å²) in [6.45, 7) is 5.87. The van der Waals surface area contributed by atoms with Crippen molar-refractivity contribution in [2.75, 3.05) is 24.2 Å². The first-order chi connectivity index (χ1) is 16.9. The quantitative estimate of drug-likeness (QED) is 0.288. The normalized spacial score (nSPS) is 10.9. The standard InChI is InChI=1S/C27H27BrN6O/c1-4-34(3)17-21-9-8-19(14-23(21)28)26(35)31-22-10-7-18(2)25(15-22)33-27-30-13-11-24(32-27)20-6-5-12-29-16-20/h5-16H,4,17H2,1-3H3,(H,31,35)(H,30,32,33). The molecule has 7 nitrogen and oxygen atoms in total. The Morgan fingerprint density at radius 3 is 2.69 bits per heavy atom. The van der Waals surface area contributed by atoms with Gasteiger partial charge in [-0.05, 0) is 74.1 Å². The minimum Gasteiger partial charge on any atom is -0.324 e. The maximum Gasteiger partial charge on any atom is 0.255 e. The first-order valence-corrected chi connectivity index (χ1v) is 12.1. The van der Waals surface area contributed by atoms with Gasteiger partial charge in [0.1, 0.15) is 0 Å². The lowest BCUT2D eigenvalue weighted by Crippen LogP contribution is -2.17. The topological polar surface area (TPSA) is 83.0 Å². The third-order valence-electron chi connectivity index (χ3n) is 5.65. The van der Waals surface area contributed by atoms with Crippen LogP contribution < -0.4 is 10.6 Å². The van der Waals surface area contributed by atoms with E-state index in [9.17, 15) is 4.79 Å². The minimum atomic E-state index is -0.175. The summed E-state index contributed by atoms with van der Waals surface area (Å²) in [4.78, 5) is 28.2. The van der Waals surface area contributed by atoms with Gasteiger partial charge in [0, 0.05) is 52.1 Å². The van der Waals surface area contributed by atoms with Crippen molar-refractivity contribution in [2.45, 2.75) is 20.4 Å². The van der Waals surface area contributed by atoms with Crippen LogP contribution in [0.5, 0.6) is 0 Å². The Labute approximate surface area is 213 Å². The zero-order valence-corrected chi connectivity index (χ0v) is 21.5. The van der Waals surface area contributed by atoms with E-state index in [4.69, 9.17) is 0 Å². The first kappa shape index (κ1) is 24.5. The number of aryl methyl sites for hydroxylation is 1. The van der Waals surface area contributed by atoms with Gasteiger partial charge >= 0.3 is 0 Å². The number of anilines is 3. The van der Waals surface area contributed by atoms with Crippen molar-refractivity contribution in [1.82, 2.24) is 19.9 Å². The second kappa shape index (κ2) is 11.2. The molecule has 178 valence electrons. The number of halogens is 1. The van der Waals surface area contributed by atoms with Crippen molar-refractivity contribution in [3.63, 3.8) is 0 Å². The second-order valence-electron chi connectivity index (χ2n) is 8.25. The van der Waals surface area contributed by atoms with Gasteiger partial charge in [-0.25, -0.2) is 9.97 Å². The van der Waals surface area contributed by atoms with Crippen molar-refractivity contribution in [1.29, 1.82) is 0 Å². The van der Waals surface area contributed by atoms with Crippen molar-refractivity contribution in [3.05, 3.63) is 94.4 Å². The third-order valence-corrected chi connectivity index (χ3v) is 6.39. The van der Waals surface area contributed by atoms with Crippen LogP contribution >= 0.6 is 15.9 Å². The first-order valence-electron chi connectivity index (χ1n) is 11.3. The molecule has 0 atom stereocenters. The molecule has 2 heterocycles. The molecule has 2 aromatic heterocycles. The summed E-state index contributed by atoms with van der Waals surface area (Å²) in [5.41, 5.74) is 5.91. The fraction of sp³-hybridized carbons (Fsp3) is 0.185. The fourth-order valence-corrected chi connectivity index (χ4v) is 3.98. The number of benzene rings is 2. The highest BCUT2D eigenvalue weighted by atomic mass is 79.9. The van der Waals surface area contributed by atoms with E-state index in [1.807, 2.05) is 61.5 Å². The molecule has 1 amide bonds. The lowest BCUT2D eigenvalue weighted by atomic mass is 10.1. The molecular weight excluding hydrogens is 504 g/mol. The number of amides is 1. The van der Waals surface area contributed by atoms with Gasteiger partial charge in [-0.3, -0.25) is 9.78 Å². The molecular formula is C27H27BrN6O. The van der Waals surface area contributed by atoms with Crippen LogP contribution in [0, 0.1) is 6.92 Å². The predicted octanol–water partition coefficient (Wildman–Crippen LogP) is 6.06. The van der Waals surface area contributed by atoms with E-state index in [2.05, 4.69) is 60.4 Å². The Kier molecular flexibility index (Phi) is 7.84. The van der Waals surface area contributed by atoms with Gasteiger partial charge in [0.15, 0.2) is 0 Å². The van der Waals surface area contributed by atoms with E-state index in [-0.39, 0.29) is 5.91 Å². The molecule has 0 fully saturated rings. The Balaban J connectivity index is 1.49. The molecule has 0 aliphatic heterocycles. The van der Waals surface area contributed by atoms with Gasteiger partial charge in [0.25, 0.3) is 5.91 Å². The Morgan fingerprint density at radius 2 is 1.94 bits per heavy atom. The lowest BCUT2D eigenvalue weighted by molar-refractivity contribution is 0.102. The van der Waals surface area contributed by atoms with Gasteiger partial charge in [0.2, 0.25) is 5.95 Å². The SMILES string of the molecule is CCN(C)Cc1ccc(C(=O)Nc2ccc(C)c(Nc3nccc(-c4cccnc4)n3)c2)cc1Br. The molecule has 0 bridgehead atoms. The number of aromatic nitrogens is 3. The summed E-state index contributed by atoms with van der Waals surface area (Å²) in [6, 6.07) is 17.1.